The number of rotatable bonds is 1. The molecule has 14 heavy (non-hydrogen) atoms. The number of amides is 1. The van der Waals surface area contributed by atoms with Gasteiger partial charge in [-0.1, -0.05) is 20.8 Å². The van der Waals surface area contributed by atoms with Crippen LogP contribution in [0.25, 0.3) is 0 Å². The van der Waals surface area contributed by atoms with Gasteiger partial charge in [0.15, 0.2) is 0 Å². The van der Waals surface area contributed by atoms with Crippen molar-refractivity contribution in [3.63, 3.8) is 0 Å². The second-order valence-corrected chi connectivity index (χ2v) is 5.30. The highest BCUT2D eigenvalue weighted by Gasteiger charge is 2.26. The molecule has 0 aliphatic carbocycles. The third kappa shape index (κ3) is 3.29. The fourth-order valence-electron chi connectivity index (χ4n) is 1.66. The van der Waals surface area contributed by atoms with Gasteiger partial charge in [-0.3, -0.25) is 4.79 Å². The molecule has 0 spiro atoms. The van der Waals surface area contributed by atoms with Crippen LogP contribution in [-0.2, 0) is 4.79 Å². The first-order valence-corrected chi connectivity index (χ1v) is 5.44. The van der Waals surface area contributed by atoms with Gasteiger partial charge in [0.25, 0.3) is 0 Å². The SMILES string of the molecule is CC1CC(NC(=O)C(C)(C)C)CCN1. The third-order valence-electron chi connectivity index (χ3n) is 2.64. The monoisotopic (exact) mass is 198 g/mol. The number of nitrogens with one attached hydrogen (secondary N) is 2. The Labute approximate surface area is 86.6 Å². The van der Waals surface area contributed by atoms with Gasteiger partial charge in [0.05, 0.1) is 0 Å². The van der Waals surface area contributed by atoms with E-state index in [0.29, 0.717) is 12.1 Å². The summed E-state index contributed by atoms with van der Waals surface area (Å²) < 4.78 is 0. The maximum absolute atomic E-state index is 11.7. The molecule has 1 heterocycles. The van der Waals surface area contributed by atoms with Gasteiger partial charge in [0.2, 0.25) is 5.91 Å². The van der Waals surface area contributed by atoms with E-state index in [1.54, 1.807) is 0 Å². The van der Waals surface area contributed by atoms with Crippen molar-refractivity contribution < 1.29 is 4.79 Å². The largest absolute Gasteiger partial charge is 0.353 e. The number of carbonyl (C=O) groups excluding carboxylic acids is 1. The van der Waals surface area contributed by atoms with E-state index in [0.717, 1.165) is 19.4 Å². The molecule has 0 saturated carbocycles. The van der Waals surface area contributed by atoms with Crippen LogP contribution in [0.5, 0.6) is 0 Å². The van der Waals surface area contributed by atoms with E-state index >= 15 is 0 Å². The van der Waals surface area contributed by atoms with Crippen molar-refractivity contribution in [1.82, 2.24) is 10.6 Å². The van der Waals surface area contributed by atoms with Crippen LogP contribution < -0.4 is 10.6 Å². The van der Waals surface area contributed by atoms with Gasteiger partial charge in [0.1, 0.15) is 0 Å². The van der Waals surface area contributed by atoms with Crippen molar-refractivity contribution in [3.8, 4) is 0 Å². The highest BCUT2D eigenvalue weighted by atomic mass is 16.2. The number of hydrogen-bond acceptors (Lipinski definition) is 2. The van der Waals surface area contributed by atoms with Gasteiger partial charge < -0.3 is 10.6 Å². The maximum atomic E-state index is 11.7. The zero-order chi connectivity index (χ0) is 10.8. The molecule has 3 nitrogen and oxygen atoms in total. The van der Waals surface area contributed by atoms with Gasteiger partial charge in [-0.15, -0.1) is 0 Å². The second-order valence-electron chi connectivity index (χ2n) is 5.30. The highest BCUT2D eigenvalue weighted by molar-refractivity contribution is 5.81. The Bertz CT molecular complexity index is 208. The van der Waals surface area contributed by atoms with Crippen molar-refractivity contribution in [2.75, 3.05) is 6.54 Å². The molecule has 0 aromatic carbocycles. The molecule has 82 valence electrons. The van der Waals surface area contributed by atoms with Crippen LogP contribution in [0.4, 0.5) is 0 Å². The third-order valence-corrected chi connectivity index (χ3v) is 2.64. The van der Waals surface area contributed by atoms with Crippen molar-refractivity contribution in [2.45, 2.75) is 52.6 Å². The standard InChI is InChI=1S/C11H22N2O/c1-8-7-9(5-6-12-8)13-10(14)11(2,3)4/h8-9,12H,5-7H2,1-4H3,(H,13,14). The predicted molar refractivity (Wildman–Crippen MR) is 58.1 cm³/mol. The molecule has 1 rings (SSSR count). The molecule has 2 unspecified atom stereocenters. The lowest BCUT2D eigenvalue weighted by molar-refractivity contribution is -0.129. The molecule has 3 heteroatoms. The summed E-state index contributed by atoms with van der Waals surface area (Å²) in [5.74, 6) is 0.164. The molecule has 2 N–H and O–H groups in total. The van der Waals surface area contributed by atoms with E-state index in [1.807, 2.05) is 20.8 Å². The molecule has 0 aromatic heterocycles. The fourth-order valence-corrected chi connectivity index (χ4v) is 1.66. The number of piperidine rings is 1. The van der Waals surface area contributed by atoms with Gasteiger partial charge in [0, 0.05) is 17.5 Å². The molecular weight excluding hydrogens is 176 g/mol. The van der Waals surface area contributed by atoms with Crippen LogP contribution >= 0.6 is 0 Å². The lowest BCUT2D eigenvalue weighted by atomic mass is 9.93. The van der Waals surface area contributed by atoms with E-state index < -0.39 is 0 Å². The summed E-state index contributed by atoms with van der Waals surface area (Å²) in [6, 6.07) is 0.881. The van der Waals surface area contributed by atoms with E-state index in [-0.39, 0.29) is 11.3 Å². The molecular formula is C11H22N2O. The molecule has 2 atom stereocenters. The first kappa shape index (κ1) is 11.5. The van der Waals surface area contributed by atoms with Gasteiger partial charge in [-0.2, -0.15) is 0 Å². The first-order chi connectivity index (χ1) is 6.39. The minimum Gasteiger partial charge on any atom is -0.353 e. The molecule has 1 fully saturated rings. The number of hydrogen-bond donors (Lipinski definition) is 2. The van der Waals surface area contributed by atoms with E-state index in [1.165, 1.54) is 0 Å². The van der Waals surface area contributed by atoms with Crippen LogP contribution in [0, 0.1) is 5.41 Å². The van der Waals surface area contributed by atoms with Crippen molar-refractivity contribution in [1.29, 1.82) is 0 Å². The minimum atomic E-state index is -0.270. The van der Waals surface area contributed by atoms with Crippen molar-refractivity contribution in [3.05, 3.63) is 0 Å². The Morgan fingerprint density at radius 3 is 2.57 bits per heavy atom. The topological polar surface area (TPSA) is 41.1 Å². The minimum absolute atomic E-state index is 0.164. The number of carbonyl (C=O) groups is 1. The summed E-state index contributed by atoms with van der Waals surface area (Å²) in [6.07, 6.45) is 2.09. The molecule has 0 aromatic rings. The lowest BCUT2D eigenvalue weighted by Crippen LogP contribution is -2.49. The zero-order valence-electron chi connectivity index (χ0n) is 9.68. The maximum Gasteiger partial charge on any atom is 0.225 e. The Morgan fingerprint density at radius 2 is 2.07 bits per heavy atom. The summed E-state index contributed by atoms with van der Waals surface area (Å²) in [7, 11) is 0. The van der Waals surface area contributed by atoms with Gasteiger partial charge >= 0.3 is 0 Å². The fraction of sp³-hybridized carbons (Fsp3) is 0.909. The second kappa shape index (κ2) is 4.30. The molecule has 0 bridgehead atoms. The van der Waals surface area contributed by atoms with E-state index in [9.17, 15) is 4.79 Å². The molecule has 0 radical (unpaired) electrons. The molecule has 1 aliphatic heterocycles. The van der Waals surface area contributed by atoms with Crippen LogP contribution in [0.1, 0.15) is 40.5 Å². The van der Waals surface area contributed by atoms with E-state index in [4.69, 9.17) is 0 Å². The Balaban J connectivity index is 2.40. The summed E-state index contributed by atoms with van der Waals surface area (Å²) in [5, 5.41) is 6.48. The molecule has 1 aliphatic rings. The van der Waals surface area contributed by atoms with Crippen molar-refractivity contribution >= 4 is 5.91 Å². The summed E-state index contributed by atoms with van der Waals surface area (Å²) >= 11 is 0. The zero-order valence-corrected chi connectivity index (χ0v) is 9.68. The predicted octanol–water partition coefficient (Wildman–Crippen LogP) is 1.29. The lowest BCUT2D eigenvalue weighted by Gasteiger charge is -2.31. The van der Waals surface area contributed by atoms with Crippen molar-refractivity contribution in [2.24, 2.45) is 5.41 Å². The van der Waals surface area contributed by atoms with E-state index in [2.05, 4.69) is 17.6 Å². The van der Waals surface area contributed by atoms with Crippen LogP contribution in [0.2, 0.25) is 0 Å². The quantitative estimate of drug-likeness (QED) is 0.666. The van der Waals surface area contributed by atoms with Gasteiger partial charge in [-0.05, 0) is 26.3 Å². The Morgan fingerprint density at radius 1 is 1.43 bits per heavy atom. The summed E-state index contributed by atoms with van der Waals surface area (Å²) in [6.45, 7) is 9.03. The molecule has 1 saturated heterocycles. The molecule has 1 amide bonds. The van der Waals surface area contributed by atoms with Gasteiger partial charge in [-0.25, -0.2) is 0 Å². The van der Waals surface area contributed by atoms with Crippen LogP contribution in [0.15, 0.2) is 0 Å². The van der Waals surface area contributed by atoms with Crippen LogP contribution in [-0.4, -0.2) is 24.5 Å². The highest BCUT2D eigenvalue weighted by Crippen LogP contribution is 2.15. The first-order valence-electron chi connectivity index (χ1n) is 5.44. The van der Waals surface area contributed by atoms with Crippen LogP contribution in [0.3, 0.4) is 0 Å². The average molecular weight is 198 g/mol. The Hall–Kier alpha value is -0.570. The Kier molecular flexibility index (Phi) is 3.53. The normalized spacial score (nSPS) is 28.6. The average Bonchev–Trinajstić information content (AvgIpc) is 2.02. The summed E-state index contributed by atoms with van der Waals surface area (Å²) in [4.78, 5) is 11.7. The smallest absolute Gasteiger partial charge is 0.225 e. The summed E-state index contributed by atoms with van der Waals surface area (Å²) in [5.41, 5.74) is -0.270.